The van der Waals surface area contributed by atoms with E-state index in [0.717, 1.165) is 11.3 Å². The first-order chi connectivity index (χ1) is 6.95. The summed E-state index contributed by atoms with van der Waals surface area (Å²) >= 11 is 0. The van der Waals surface area contributed by atoms with Gasteiger partial charge < -0.3 is 9.47 Å². The van der Waals surface area contributed by atoms with Crippen molar-refractivity contribution in [2.75, 3.05) is 13.9 Å². The number of aryl methyl sites for hydroxylation is 1. The molecule has 0 atom stereocenters. The molecule has 0 bridgehead atoms. The fraction of sp³-hybridized carbons (Fsp3) is 0.538. The monoisotopic (exact) mass is 208 g/mol. The molecule has 1 aromatic carbocycles. The Morgan fingerprint density at radius 2 is 1.87 bits per heavy atom. The summed E-state index contributed by atoms with van der Waals surface area (Å²) in [7, 11) is 1.62. The fourth-order valence-corrected chi connectivity index (χ4v) is 1.40. The average molecular weight is 208 g/mol. The van der Waals surface area contributed by atoms with Crippen molar-refractivity contribution >= 4 is 0 Å². The minimum absolute atomic E-state index is 0.185. The summed E-state index contributed by atoms with van der Waals surface area (Å²) in [5, 5.41) is 0. The van der Waals surface area contributed by atoms with Crippen LogP contribution in [0, 0.1) is 6.92 Å². The Bertz CT molecular complexity index is 324. The number of hydrogen-bond donors (Lipinski definition) is 0. The largest absolute Gasteiger partial charge is 0.467 e. The molecule has 0 unspecified atom stereocenters. The molecule has 1 rings (SSSR count). The second kappa shape index (κ2) is 4.67. The zero-order valence-corrected chi connectivity index (χ0v) is 10.3. The molecule has 15 heavy (non-hydrogen) atoms. The molecule has 0 N–H and O–H groups in total. The van der Waals surface area contributed by atoms with E-state index in [1.807, 2.05) is 6.07 Å². The Morgan fingerprint density at radius 3 is 2.33 bits per heavy atom. The normalized spacial score (nSPS) is 11.5. The van der Waals surface area contributed by atoms with E-state index >= 15 is 0 Å². The molecule has 0 aliphatic heterocycles. The van der Waals surface area contributed by atoms with Gasteiger partial charge in [-0.3, -0.25) is 0 Å². The van der Waals surface area contributed by atoms with Crippen LogP contribution in [0.3, 0.4) is 0 Å². The highest BCUT2D eigenvalue weighted by atomic mass is 16.7. The summed E-state index contributed by atoms with van der Waals surface area (Å²) in [6, 6.07) is 6.29. The van der Waals surface area contributed by atoms with Crippen LogP contribution in [0.1, 0.15) is 31.9 Å². The van der Waals surface area contributed by atoms with Crippen LogP contribution in [0.25, 0.3) is 0 Å². The van der Waals surface area contributed by atoms with E-state index in [4.69, 9.17) is 9.47 Å². The van der Waals surface area contributed by atoms with Crippen molar-refractivity contribution in [2.24, 2.45) is 0 Å². The average Bonchev–Trinajstić information content (AvgIpc) is 2.14. The summed E-state index contributed by atoms with van der Waals surface area (Å²) in [4.78, 5) is 0. The summed E-state index contributed by atoms with van der Waals surface area (Å²) in [6.45, 7) is 8.97. The number of methoxy groups -OCH3 is 1. The SMILES string of the molecule is COCOc1ccc(C(C)(C)C)cc1C. The lowest BCUT2D eigenvalue weighted by atomic mass is 9.86. The Morgan fingerprint density at radius 1 is 1.20 bits per heavy atom. The van der Waals surface area contributed by atoms with Crippen LogP contribution in [0.2, 0.25) is 0 Å². The van der Waals surface area contributed by atoms with Crippen LogP contribution in [0.15, 0.2) is 18.2 Å². The van der Waals surface area contributed by atoms with Crippen molar-refractivity contribution in [3.8, 4) is 5.75 Å². The molecule has 0 heterocycles. The molecule has 0 spiro atoms. The predicted octanol–water partition coefficient (Wildman–Crippen LogP) is 3.28. The van der Waals surface area contributed by atoms with E-state index in [1.165, 1.54) is 5.56 Å². The number of rotatable bonds is 3. The molecule has 0 saturated carbocycles. The highest BCUT2D eigenvalue weighted by Gasteiger charge is 2.14. The Balaban J connectivity index is 2.88. The van der Waals surface area contributed by atoms with Gasteiger partial charge in [0, 0.05) is 7.11 Å². The molecule has 0 aromatic heterocycles. The molecule has 2 heteroatoms. The third-order valence-corrected chi connectivity index (χ3v) is 2.37. The predicted molar refractivity (Wildman–Crippen MR) is 62.4 cm³/mol. The van der Waals surface area contributed by atoms with Gasteiger partial charge >= 0.3 is 0 Å². The summed E-state index contributed by atoms with van der Waals surface area (Å²) in [6.07, 6.45) is 0. The second-order valence-corrected chi connectivity index (χ2v) is 4.78. The van der Waals surface area contributed by atoms with Crippen molar-refractivity contribution in [1.29, 1.82) is 0 Å². The maximum atomic E-state index is 5.43. The van der Waals surface area contributed by atoms with Gasteiger partial charge in [-0.25, -0.2) is 0 Å². The third kappa shape index (κ3) is 3.24. The van der Waals surface area contributed by atoms with Gasteiger partial charge in [-0.1, -0.05) is 32.9 Å². The standard InChI is InChI=1S/C13H20O2/c1-10-8-11(13(2,3)4)6-7-12(10)15-9-14-5/h6-8H,9H2,1-5H3. The van der Waals surface area contributed by atoms with Crippen molar-refractivity contribution in [2.45, 2.75) is 33.1 Å². The maximum Gasteiger partial charge on any atom is 0.188 e. The Kier molecular flexibility index (Phi) is 3.75. The summed E-state index contributed by atoms with van der Waals surface area (Å²) in [5.41, 5.74) is 2.66. The quantitative estimate of drug-likeness (QED) is 0.710. The summed E-state index contributed by atoms with van der Waals surface area (Å²) < 4.78 is 10.3. The smallest absolute Gasteiger partial charge is 0.188 e. The van der Waals surface area contributed by atoms with E-state index in [0.29, 0.717) is 6.79 Å². The van der Waals surface area contributed by atoms with Gasteiger partial charge in [0.05, 0.1) is 0 Å². The lowest BCUT2D eigenvalue weighted by Crippen LogP contribution is -2.11. The molecule has 0 aliphatic rings. The van der Waals surface area contributed by atoms with Crippen LogP contribution in [0.5, 0.6) is 5.75 Å². The highest BCUT2D eigenvalue weighted by Crippen LogP contribution is 2.27. The van der Waals surface area contributed by atoms with Gasteiger partial charge in [0.1, 0.15) is 5.75 Å². The van der Waals surface area contributed by atoms with Crippen LogP contribution in [-0.4, -0.2) is 13.9 Å². The Labute approximate surface area is 92.2 Å². The number of benzene rings is 1. The molecular formula is C13H20O2. The Hall–Kier alpha value is -1.02. The molecule has 2 nitrogen and oxygen atoms in total. The van der Waals surface area contributed by atoms with Gasteiger partial charge in [0.2, 0.25) is 0 Å². The van der Waals surface area contributed by atoms with Crippen molar-refractivity contribution in [3.63, 3.8) is 0 Å². The molecule has 0 amide bonds. The topological polar surface area (TPSA) is 18.5 Å². The highest BCUT2D eigenvalue weighted by molar-refractivity contribution is 5.38. The lowest BCUT2D eigenvalue weighted by Gasteiger charge is -2.20. The summed E-state index contributed by atoms with van der Waals surface area (Å²) in [5.74, 6) is 0.893. The lowest BCUT2D eigenvalue weighted by molar-refractivity contribution is 0.0506. The van der Waals surface area contributed by atoms with Crippen LogP contribution >= 0.6 is 0 Å². The van der Waals surface area contributed by atoms with Gasteiger partial charge in [0.25, 0.3) is 0 Å². The van der Waals surface area contributed by atoms with Crippen LogP contribution in [0.4, 0.5) is 0 Å². The molecule has 0 radical (unpaired) electrons. The zero-order valence-electron chi connectivity index (χ0n) is 10.3. The maximum absolute atomic E-state index is 5.43. The van der Waals surface area contributed by atoms with Gasteiger partial charge in [-0.2, -0.15) is 0 Å². The van der Waals surface area contributed by atoms with Gasteiger partial charge in [-0.05, 0) is 29.5 Å². The number of hydrogen-bond acceptors (Lipinski definition) is 2. The number of ether oxygens (including phenoxy) is 2. The minimum atomic E-state index is 0.185. The molecule has 0 aliphatic carbocycles. The first-order valence-corrected chi connectivity index (χ1v) is 5.18. The molecule has 84 valence electrons. The van der Waals surface area contributed by atoms with Gasteiger partial charge in [-0.15, -0.1) is 0 Å². The zero-order chi connectivity index (χ0) is 11.5. The molecule has 1 aromatic rings. The van der Waals surface area contributed by atoms with Crippen molar-refractivity contribution < 1.29 is 9.47 Å². The van der Waals surface area contributed by atoms with Crippen molar-refractivity contribution in [1.82, 2.24) is 0 Å². The van der Waals surface area contributed by atoms with Crippen molar-refractivity contribution in [3.05, 3.63) is 29.3 Å². The van der Waals surface area contributed by atoms with E-state index in [-0.39, 0.29) is 5.41 Å². The fourth-order valence-electron chi connectivity index (χ4n) is 1.40. The first-order valence-electron chi connectivity index (χ1n) is 5.18. The van der Waals surface area contributed by atoms with Gasteiger partial charge in [0.15, 0.2) is 6.79 Å². The molecule has 0 fully saturated rings. The van der Waals surface area contributed by atoms with E-state index in [9.17, 15) is 0 Å². The third-order valence-electron chi connectivity index (χ3n) is 2.37. The van der Waals surface area contributed by atoms with E-state index in [1.54, 1.807) is 7.11 Å². The first kappa shape index (κ1) is 12.1. The molecular weight excluding hydrogens is 188 g/mol. The molecule has 0 saturated heterocycles. The minimum Gasteiger partial charge on any atom is -0.467 e. The van der Waals surface area contributed by atoms with Crippen LogP contribution in [-0.2, 0) is 10.2 Å². The second-order valence-electron chi connectivity index (χ2n) is 4.78. The van der Waals surface area contributed by atoms with E-state index in [2.05, 4.69) is 39.8 Å². The van der Waals surface area contributed by atoms with Crippen LogP contribution < -0.4 is 4.74 Å². The van der Waals surface area contributed by atoms with E-state index < -0.39 is 0 Å².